The van der Waals surface area contributed by atoms with Gasteiger partial charge >= 0.3 is 0 Å². The van der Waals surface area contributed by atoms with Crippen LogP contribution in [-0.2, 0) is 0 Å². The van der Waals surface area contributed by atoms with Gasteiger partial charge in [-0.15, -0.1) is 0 Å². The van der Waals surface area contributed by atoms with E-state index in [0.29, 0.717) is 17.8 Å². The van der Waals surface area contributed by atoms with Crippen LogP contribution >= 0.6 is 0 Å². The van der Waals surface area contributed by atoms with Crippen molar-refractivity contribution in [2.24, 2.45) is 11.8 Å². The first-order chi connectivity index (χ1) is 11.4. The lowest BCUT2D eigenvalue weighted by Gasteiger charge is -2.34. The molecule has 0 amide bonds. The van der Waals surface area contributed by atoms with E-state index in [9.17, 15) is 0 Å². The van der Waals surface area contributed by atoms with Crippen molar-refractivity contribution in [1.82, 2.24) is 0 Å². The highest BCUT2D eigenvalue weighted by Crippen LogP contribution is 2.33. The van der Waals surface area contributed by atoms with Gasteiger partial charge in [0, 0.05) is 24.2 Å². The second-order valence-corrected chi connectivity index (χ2v) is 7.81. The molecule has 130 valence electrons. The Hall–Kier alpha value is -1.60. The zero-order chi connectivity index (χ0) is 17.6. The minimum atomic E-state index is 0.178. The van der Waals surface area contributed by atoms with Crippen LogP contribution in [0.1, 0.15) is 64.0 Å². The van der Waals surface area contributed by atoms with Gasteiger partial charge in [-0.25, -0.2) is 0 Å². The molecule has 0 radical (unpaired) electrons. The third-order valence-corrected chi connectivity index (χ3v) is 5.84. The third kappa shape index (κ3) is 4.48. The zero-order valence-corrected chi connectivity index (χ0v) is 15.8. The maximum absolute atomic E-state index is 4.61. The minimum absolute atomic E-state index is 0.178. The summed E-state index contributed by atoms with van der Waals surface area (Å²) in [6, 6.07) is 21.9. The second-order valence-electron chi connectivity index (χ2n) is 7.81. The Balaban J connectivity index is 2.13. The van der Waals surface area contributed by atoms with Crippen LogP contribution in [0.15, 0.2) is 60.7 Å². The monoisotopic (exact) mass is 324 g/mol. The molecule has 2 aromatic carbocycles. The number of hydrogen-bond acceptors (Lipinski definition) is 0. The average molecular weight is 325 g/mol. The van der Waals surface area contributed by atoms with E-state index in [-0.39, 0.29) is 5.54 Å². The summed E-state index contributed by atoms with van der Waals surface area (Å²) in [6.45, 7) is 9.27. The topological polar surface area (TPSA) is 27.6 Å². The molecule has 0 fully saturated rings. The van der Waals surface area contributed by atoms with Crippen molar-refractivity contribution in [3.63, 3.8) is 0 Å². The van der Waals surface area contributed by atoms with E-state index in [0.717, 1.165) is 0 Å². The lowest BCUT2D eigenvalue weighted by Crippen LogP contribution is -2.77. The largest absolute Gasteiger partial charge is 0.352 e. The molecule has 0 aliphatic heterocycles. The molecule has 1 heteroatoms. The van der Waals surface area contributed by atoms with Crippen LogP contribution < -0.4 is 5.73 Å². The van der Waals surface area contributed by atoms with E-state index >= 15 is 0 Å². The molecule has 0 saturated heterocycles. The Morgan fingerprint density at radius 1 is 0.750 bits per heavy atom. The molecule has 24 heavy (non-hydrogen) atoms. The maximum atomic E-state index is 4.61. The smallest absolute Gasteiger partial charge is 0.0991 e. The fourth-order valence-electron chi connectivity index (χ4n) is 3.78. The maximum Gasteiger partial charge on any atom is 0.0991 e. The average Bonchev–Trinajstić information content (AvgIpc) is 2.59. The van der Waals surface area contributed by atoms with Crippen molar-refractivity contribution in [2.75, 3.05) is 0 Å². The van der Waals surface area contributed by atoms with Gasteiger partial charge in [0.15, 0.2) is 0 Å². The first kappa shape index (κ1) is 18.7. The first-order valence-electron chi connectivity index (χ1n) is 9.40. The fraction of sp³-hybridized carbons (Fsp3) is 0.478. The van der Waals surface area contributed by atoms with Gasteiger partial charge in [-0.3, -0.25) is 0 Å². The molecule has 3 N–H and O–H groups in total. The normalized spacial score (nSPS) is 12.3. The molecule has 1 nitrogen and oxygen atoms in total. The third-order valence-electron chi connectivity index (χ3n) is 5.84. The van der Waals surface area contributed by atoms with Gasteiger partial charge in [-0.2, -0.15) is 0 Å². The van der Waals surface area contributed by atoms with Crippen LogP contribution in [0.25, 0.3) is 0 Å². The summed E-state index contributed by atoms with van der Waals surface area (Å²) in [5.74, 6) is 1.71. The molecule has 0 atom stereocenters. The molecule has 0 saturated carbocycles. The standard InChI is InChI=1S/C23H33N/c1-18(2)23(24,19(3)4)17-11-16-22(20-12-7-5-8-13-20)21-14-9-6-10-15-21/h5-10,12-15,18-19,22H,11,16-17,24H2,1-4H3/p+1. The first-order valence-corrected chi connectivity index (χ1v) is 9.40. The summed E-state index contributed by atoms with van der Waals surface area (Å²) in [5.41, 5.74) is 7.64. The zero-order valence-electron chi connectivity index (χ0n) is 15.8. The SMILES string of the molecule is CC(C)C([NH3+])(CCCC(c1ccccc1)c1ccccc1)C(C)C. The fourth-order valence-corrected chi connectivity index (χ4v) is 3.78. The summed E-state index contributed by atoms with van der Waals surface area (Å²) in [5, 5.41) is 0. The molecule has 0 aliphatic rings. The van der Waals surface area contributed by atoms with E-state index < -0.39 is 0 Å². The number of quaternary nitrogens is 1. The van der Waals surface area contributed by atoms with Gasteiger partial charge in [0.2, 0.25) is 0 Å². The Kier molecular flexibility index (Phi) is 6.62. The van der Waals surface area contributed by atoms with Crippen LogP contribution in [0.2, 0.25) is 0 Å². The second kappa shape index (κ2) is 8.48. The van der Waals surface area contributed by atoms with Crippen molar-refractivity contribution in [3.05, 3.63) is 71.8 Å². The Labute approximate surface area is 148 Å². The molecular weight excluding hydrogens is 290 g/mol. The molecule has 0 aliphatic carbocycles. The molecule has 0 spiro atoms. The van der Waals surface area contributed by atoms with Crippen molar-refractivity contribution in [3.8, 4) is 0 Å². The van der Waals surface area contributed by atoms with Gasteiger partial charge in [0.25, 0.3) is 0 Å². The number of benzene rings is 2. The number of rotatable bonds is 8. The lowest BCUT2D eigenvalue weighted by atomic mass is 9.73. The van der Waals surface area contributed by atoms with E-state index in [1.54, 1.807) is 0 Å². The quantitative estimate of drug-likeness (QED) is 0.684. The molecule has 0 unspecified atom stereocenters. The summed E-state index contributed by atoms with van der Waals surface area (Å²) in [7, 11) is 0. The molecule has 0 heterocycles. The van der Waals surface area contributed by atoms with Crippen molar-refractivity contribution < 1.29 is 5.73 Å². The molecular formula is C23H34N+. The summed E-state index contributed by atoms with van der Waals surface area (Å²) < 4.78 is 0. The molecule has 0 bridgehead atoms. The van der Waals surface area contributed by atoms with Crippen molar-refractivity contribution in [2.45, 2.75) is 58.4 Å². The van der Waals surface area contributed by atoms with Gasteiger partial charge in [0.05, 0.1) is 5.54 Å². The highest BCUT2D eigenvalue weighted by Gasteiger charge is 2.36. The van der Waals surface area contributed by atoms with Crippen molar-refractivity contribution >= 4 is 0 Å². The predicted molar refractivity (Wildman–Crippen MR) is 104 cm³/mol. The lowest BCUT2D eigenvalue weighted by molar-refractivity contribution is -0.505. The van der Waals surface area contributed by atoms with E-state index in [4.69, 9.17) is 0 Å². The van der Waals surface area contributed by atoms with Gasteiger partial charge in [0.1, 0.15) is 0 Å². The van der Waals surface area contributed by atoms with Crippen molar-refractivity contribution in [1.29, 1.82) is 0 Å². The van der Waals surface area contributed by atoms with Crippen LogP contribution in [-0.4, -0.2) is 5.54 Å². The van der Waals surface area contributed by atoms with Gasteiger partial charge < -0.3 is 5.73 Å². The Morgan fingerprint density at radius 2 is 1.17 bits per heavy atom. The summed E-state index contributed by atoms with van der Waals surface area (Å²) in [6.07, 6.45) is 3.59. The summed E-state index contributed by atoms with van der Waals surface area (Å²) in [4.78, 5) is 0. The number of hydrogen-bond donors (Lipinski definition) is 1. The molecule has 0 aromatic heterocycles. The van der Waals surface area contributed by atoms with Crippen LogP contribution in [0, 0.1) is 11.8 Å². The van der Waals surface area contributed by atoms with E-state index in [2.05, 4.69) is 94.1 Å². The van der Waals surface area contributed by atoms with Gasteiger partial charge in [-0.1, -0.05) is 88.4 Å². The Morgan fingerprint density at radius 3 is 1.54 bits per heavy atom. The molecule has 2 aromatic rings. The highest BCUT2D eigenvalue weighted by molar-refractivity contribution is 5.32. The van der Waals surface area contributed by atoms with Crippen LogP contribution in [0.4, 0.5) is 0 Å². The Bertz CT molecular complexity index is 538. The van der Waals surface area contributed by atoms with Gasteiger partial charge in [-0.05, 0) is 24.0 Å². The van der Waals surface area contributed by atoms with E-state index in [1.165, 1.54) is 30.4 Å². The predicted octanol–water partition coefficient (Wildman–Crippen LogP) is 5.28. The summed E-state index contributed by atoms with van der Waals surface area (Å²) >= 11 is 0. The minimum Gasteiger partial charge on any atom is -0.352 e. The molecule has 2 rings (SSSR count). The van der Waals surface area contributed by atoms with Crippen LogP contribution in [0.3, 0.4) is 0 Å². The van der Waals surface area contributed by atoms with E-state index in [1.807, 2.05) is 0 Å². The van der Waals surface area contributed by atoms with Crippen LogP contribution in [0.5, 0.6) is 0 Å². The highest BCUT2D eigenvalue weighted by atomic mass is 14.8.